The van der Waals surface area contributed by atoms with Crippen molar-refractivity contribution < 1.29 is 14.9 Å². The first-order valence-electron chi connectivity index (χ1n) is 5.81. The Balaban J connectivity index is 2.24. The molecule has 100 valence electrons. The molecule has 2 rings (SSSR count). The molecule has 0 spiro atoms. The van der Waals surface area contributed by atoms with Crippen LogP contribution in [-0.2, 0) is 0 Å². The number of β-amino-alcohol motifs (C(OH)–C–C–N with tert-alkyl or cyclic N) is 2. The number of anilines is 2. The van der Waals surface area contributed by atoms with Gasteiger partial charge in [0.1, 0.15) is 0 Å². The SMILES string of the molecule is CCOc1nc(NC)nc(N2CC(O)C(O)C2)n1. The number of ether oxygens (including phenoxy) is 1. The Bertz CT molecular complexity index is 406. The van der Waals surface area contributed by atoms with E-state index in [0.717, 1.165) is 0 Å². The van der Waals surface area contributed by atoms with E-state index in [-0.39, 0.29) is 6.01 Å². The van der Waals surface area contributed by atoms with Gasteiger partial charge in [0.15, 0.2) is 0 Å². The normalized spacial score (nSPS) is 23.2. The highest BCUT2D eigenvalue weighted by molar-refractivity contribution is 5.39. The first-order valence-corrected chi connectivity index (χ1v) is 5.81. The highest BCUT2D eigenvalue weighted by atomic mass is 16.5. The van der Waals surface area contributed by atoms with Gasteiger partial charge in [-0.2, -0.15) is 15.0 Å². The Labute approximate surface area is 105 Å². The number of aliphatic hydroxyl groups is 2. The Morgan fingerprint density at radius 2 is 1.94 bits per heavy atom. The number of nitrogens with zero attached hydrogens (tertiary/aromatic N) is 4. The molecule has 0 aliphatic carbocycles. The van der Waals surface area contributed by atoms with Gasteiger partial charge in [-0.25, -0.2) is 0 Å². The van der Waals surface area contributed by atoms with Gasteiger partial charge in [-0.3, -0.25) is 0 Å². The summed E-state index contributed by atoms with van der Waals surface area (Å²) in [7, 11) is 1.70. The molecule has 2 atom stereocenters. The van der Waals surface area contributed by atoms with Gasteiger partial charge in [-0.1, -0.05) is 0 Å². The Kier molecular flexibility index (Phi) is 3.78. The Hall–Kier alpha value is -1.67. The Morgan fingerprint density at radius 1 is 1.28 bits per heavy atom. The van der Waals surface area contributed by atoms with Crippen LogP contribution in [0.25, 0.3) is 0 Å². The minimum atomic E-state index is -0.782. The number of aliphatic hydroxyl groups excluding tert-OH is 2. The van der Waals surface area contributed by atoms with Gasteiger partial charge in [0, 0.05) is 20.1 Å². The van der Waals surface area contributed by atoms with Crippen LogP contribution in [-0.4, -0.2) is 64.1 Å². The summed E-state index contributed by atoms with van der Waals surface area (Å²) in [5, 5.41) is 21.9. The Morgan fingerprint density at radius 3 is 2.50 bits per heavy atom. The van der Waals surface area contributed by atoms with E-state index < -0.39 is 12.2 Å². The third-order valence-electron chi connectivity index (χ3n) is 2.64. The quantitative estimate of drug-likeness (QED) is 0.620. The van der Waals surface area contributed by atoms with Crippen LogP contribution < -0.4 is 15.0 Å². The van der Waals surface area contributed by atoms with Crippen molar-refractivity contribution in [2.45, 2.75) is 19.1 Å². The van der Waals surface area contributed by atoms with Crippen molar-refractivity contribution >= 4 is 11.9 Å². The first-order chi connectivity index (χ1) is 8.63. The number of hydrogen-bond donors (Lipinski definition) is 3. The number of aromatic nitrogens is 3. The molecule has 3 N–H and O–H groups in total. The molecule has 0 aromatic carbocycles. The van der Waals surface area contributed by atoms with E-state index in [0.29, 0.717) is 31.6 Å². The van der Waals surface area contributed by atoms with Crippen molar-refractivity contribution in [1.82, 2.24) is 15.0 Å². The maximum atomic E-state index is 9.52. The maximum absolute atomic E-state index is 9.52. The zero-order chi connectivity index (χ0) is 13.1. The zero-order valence-corrected chi connectivity index (χ0v) is 10.4. The van der Waals surface area contributed by atoms with Crippen molar-refractivity contribution in [3.05, 3.63) is 0 Å². The van der Waals surface area contributed by atoms with Gasteiger partial charge in [-0.05, 0) is 6.92 Å². The fourth-order valence-corrected chi connectivity index (χ4v) is 1.73. The molecule has 1 aliphatic rings. The van der Waals surface area contributed by atoms with Crippen molar-refractivity contribution in [3.8, 4) is 6.01 Å². The van der Waals surface area contributed by atoms with Crippen LogP contribution in [0.4, 0.5) is 11.9 Å². The fraction of sp³-hybridized carbons (Fsp3) is 0.700. The number of nitrogens with one attached hydrogen (secondary N) is 1. The van der Waals surface area contributed by atoms with Crippen LogP contribution in [0.5, 0.6) is 6.01 Å². The van der Waals surface area contributed by atoms with Crippen molar-refractivity contribution in [1.29, 1.82) is 0 Å². The third-order valence-corrected chi connectivity index (χ3v) is 2.64. The van der Waals surface area contributed by atoms with Gasteiger partial charge in [-0.15, -0.1) is 0 Å². The summed E-state index contributed by atoms with van der Waals surface area (Å²) in [6.07, 6.45) is -1.56. The second kappa shape index (κ2) is 5.32. The lowest BCUT2D eigenvalue weighted by atomic mass is 10.3. The number of rotatable bonds is 4. The van der Waals surface area contributed by atoms with Gasteiger partial charge in [0.05, 0.1) is 18.8 Å². The minimum Gasteiger partial charge on any atom is -0.464 e. The monoisotopic (exact) mass is 255 g/mol. The molecule has 18 heavy (non-hydrogen) atoms. The zero-order valence-electron chi connectivity index (χ0n) is 10.4. The van der Waals surface area contributed by atoms with Crippen LogP contribution in [0.15, 0.2) is 0 Å². The van der Waals surface area contributed by atoms with Crippen LogP contribution in [0, 0.1) is 0 Å². The summed E-state index contributed by atoms with van der Waals surface area (Å²) < 4.78 is 5.25. The summed E-state index contributed by atoms with van der Waals surface area (Å²) >= 11 is 0. The van der Waals surface area contributed by atoms with Gasteiger partial charge in [0.2, 0.25) is 11.9 Å². The average molecular weight is 255 g/mol. The molecule has 0 radical (unpaired) electrons. The van der Waals surface area contributed by atoms with E-state index in [4.69, 9.17) is 4.74 Å². The molecule has 1 saturated heterocycles. The highest BCUT2D eigenvalue weighted by Crippen LogP contribution is 2.19. The third kappa shape index (κ3) is 2.59. The van der Waals surface area contributed by atoms with E-state index in [1.54, 1.807) is 11.9 Å². The molecule has 8 nitrogen and oxygen atoms in total. The standard InChI is InChI=1S/C10H17N5O3/c1-3-18-10-13-8(11-2)12-9(14-10)15-4-6(16)7(17)5-15/h6-7,16-17H,3-5H2,1-2H3,(H,11,12,13,14). The van der Waals surface area contributed by atoms with E-state index in [2.05, 4.69) is 20.3 Å². The first kappa shape index (κ1) is 12.8. The summed E-state index contributed by atoms with van der Waals surface area (Å²) in [5.74, 6) is 0.771. The van der Waals surface area contributed by atoms with Crippen LogP contribution >= 0.6 is 0 Å². The molecular formula is C10H17N5O3. The van der Waals surface area contributed by atoms with Gasteiger partial charge >= 0.3 is 6.01 Å². The van der Waals surface area contributed by atoms with Crippen LogP contribution in [0.2, 0.25) is 0 Å². The van der Waals surface area contributed by atoms with E-state index in [1.165, 1.54) is 0 Å². The number of hydrogen-bond acceptors (Lipinski definition) is 8. The van der Waals surface area contributed by atoms with Crippen molar-refractivity contribution in [3.63, 3.8) is 0 Å². The molecule has 2 heterocycles. The largest absolute Gasteiger partial charge is 0.464 e. The predicted octanol–water partition coefficient (Wildman–Crippen LogP) is -1.15. The average Bonchev–Trinajstić information content (AvgIpc) is 2.70. The molecule has 0 saturated carbocycles. The van der Waals surface area contributed by atoms with Crippen LogP contribution in [0.1, 0.15) is 6.92 Å². The fourth-order valence-electron chi connectivity index (χ4n) is 1.73. The van der Waals surface area contributed by atoms with Crippen LogP contribution in [0.3, 0.4) is 0 Å². The molecule has 8 heteroatoms. The molecule has 1 aromatic heterocycles. The lowest BCUT2D eigenvalue weighted by molar-refractivity contribution is 0.0572. The van der Waals surface area contributed by atoms with Gasteiger partial charge in [0.25, 0.3) is 0 Å². The van der Waals surface area contributed by atoms with Crippen molar-refractivity contribution in [2.24, 2.45) is 0 Å². The van der Waals surface area contributed by atoms with Crippen molar-refractivity contribution in [2.75, 3.05) is 37.0 Å². The molecule has 1 fully saturated rings. The van der Waals surface area contributed by atoms with E-state index >= 15 is 0 Å². The lowest BCUT2D eigenvalue weighted by Crippen LogP contribution is -2.24. The lowest BCUT2D eigenvalue weighted by Gasteiger charge is -2.16. The van der Waals surface area contributed by atoms with E-state index in [1.807, 2.05) is 6.92 Å². The smallest absolute Gasteiger partial charge is 0.323 e. The maximum Gasteiger partial charge on any atom is 0.323 e. The molecule has 1 aromatic rings. The molecule has 0 bridgehead atoms. The van der Waals surface area contributed by atoms with Gasteiger partial charge < -0.3 is 25.2 Å². The minimum absolute atomic E-state index is 0.225. The highest BCUT2D eigenvalue weighted by Gasteiger charge is 2.31. The second-order valence-corrected chi connectivity index (χ2v) is 3.96. The summed E-state index contributed by atoms with van der Waals surface area (Å²) in [6.45, 7) is 2.88. The molecule has 1 aliphatic heterocycles. The summed E-state index contributed by atoms with van der Waals surface area (Å²) in [5.41, 5.74) is 0. The summed E-state index contributed by atoms with van der Waals surface area (Å²) in [4.78, 5) is 14.1. The predicted molar refractivity (Wildman–Crippen MR) is 64.8 cm³/mol. The van der Waals surface area contributed by atoms with E-state index in [9.17, 15) is 10.2 Å². The second-order valence-electron chi connectivity index (χ2n) is 3.96. The topological polar surface area (TPSA) is 104 Å². The molecular weight excluding hydrogens is 238 g/mol. The molecule has 2 unspecified atom stereocenters. The summed E-state index contributed by atoms with van der Waals surface area (Å²) in [6, 6.07) is 0.225. The molecule has 0 amide bonds.